The van der Waals surface area contributed by atoms with Crippen LogP contribution < -0.4 is 5.32 Å². The molecule has 7 rings (SSSR count). The third-order valence-corrected chi connectivity index (χ3v) is 14.6. The number of aliphatic hydroxyl groups excluding tert-OH is 1. The molecule has 9 atom stereocenters. The van der Waals surface area contributed by atoms with Crippen LogP contribution in [0.2, 0.25) is 0 Å². The van der Waals surface area contributed by atoms with E-state index in [1.54, 1.807) is 12.2 Å². The first-order valence-corrected chi connectivity index (χ1v) is 20.5. The Morgan fingerprint density at radius 3 is 2.44 bits per heavy atom. The number of ether oxygens (including phenoxy) is 1. The highest BCUT2D eigenvalue weighted by Gasteiger charge is 2.62. The van der Waals surface area contributed by atoms with Crippen molar-refractivity contribution < 1.29 is 51.9 Å². The zero-order valence-corrected chi connectivity index (χ0v) is 31.0. The van der Waals surface area contributed by atoms with E-state index in [-0.39, 0.29) is 55.0 Å². The number of allylic oxidation sites excluding steroid dienone is 4. The van der Waals surface area contributed by atoms with Gasteiger partial charge in [0.25, 0.3) is 0 Å². The molecule has 2 aromatic rings. The molecule has 52 heavy (non-hydrogen) atoms. The average Bonchev–Trinajstić information content (AvgIpc) is 3.62. The fraction of sp³-hybridized carbons (Fsp3) is 0.500. The molecule has 0 aliphatic heterocycles. The van der Waals surface area contributed by atoms with Crippen LogP contribution in [0.5, 0.6) is 0 Å². The van der Waals surface area contributed by atoms with Gasteiger partial charge in [-0.3, -0.25) is 14.1 Å². The Labute approximate surface area is 304 Å². The number of benzene rings is 2. The van der Waals surface area contributed by atoms with E-state index in [9.17, 15) is 33.8 Å². The Morgan fingerprint density at radius 1 is 1.04 bits per heavy atom. The van der Waals surface area contributed by atoms with Crippen LogP contribution in [-0.4, -0.2) is 65.0 Å². The van der Waals surface area contributed by atoms with Crippen LogP contribution in [0.4, 0.5) is 4.79 Å². The predicted molar refractivity (Wildman–Crippen MR) is 192 cm³/mol. The van der Waals surface area contributed by atoms with E-state index in [4.69, 9.17) is 18.1 Å². The molecule has 2 aromatic carbocycles. The largest absolute Gasteiger partial charge is 0.479 e. The van der Waals surface area contributed by atoms with Crippen LogP contribution in [0.25, 0.3) is 11.1 Å². The van der Waals surface area contributed by atoms with E-state index in [2.05, 4.69) is 12.2 Å². The number of rotatable bonds is 12. The van der Waals surface area contributed by atoms with Gasteiger partial charge in [-0.1, -0.05) is 74.0 Å². The van der Waals surface area contributed by atoms with Gasteiger partial charge in [0, 0.05) is 29.7 Å². The van der Waals surface area contributed by atoms with Crippen LogP contribution in [0.15, 0.2) is 72.3 Å². The Balaban J connectivity index is 0.846. The van der Waals surface area contributed by atoms with Crippen molar-refractivity contribution in [1.82, 2.24) is 5.32 Å². The predicted octanol–water partition coefficient (Wildman–Crippen LogP) is 6.36. The molecule has 0 spiro atoms. The lowest BCUT2D eigenvalue weighted by molar-refractivity contribution is -0.141. The summed E-state index contributed by atoms with van der Waals surface area (Å²) in [6, 6.07) is 16.0. The fourth-order valence-electron chi connectivity index (χ4n) is 10.2. The van der Waals surface area contributed by atoms with Crippen molar-refractivity contribution in [2.24, 2.45) is 34.5 Å². The first-order valence-electron chi connectivity index (χ1n) is 17.8. The van der Waals surface area contributed by atoms with E-state index in [1.165, 1.54) is 0 Å². The molecule has 12 nitrogen and oxygen atoms in total. The monoisotopic (exact) mass is 753 g/mol. The number of alkyl carbamates (subject to hydrolysis) is 1. The summed E-state index contributed by atoms with van der Waals surface area (Å²) in [7, 11) is -7.75. The number of fused-ring (bicyclic) bond motifs is 8. The SMILES string of the molecule is CC12C=CC(=O)C=C1CCC1C2C(O)CC2(C)C(C(=O)COP(=O)(O)OP(O)OCCNC(=O)OCC3c4ccccc4-c4ccccc43)CCC12. The fourth-order valence-corrected chi connectivity index (χ4v) is 11.8. The van der Waals surface area contributed by atoms with Crippen molar-refractivity contribution in [3.63, 3.8) is 0 Å². The van der Waals surface area contributed by atoms with Gasteiger partial charge in [0.1, 0.15) is 13.2 Å². The molecule has 3 saturated carbocycles. The van der Waals surface area contributed by atoms with Crippen molar-refractivity contribution in [3.05, 3.63) is 83.5 Å². The molecular weight excluding hydrogens is 708 g/mol. The molecule has 14 heteroatoms. The summed E-state index contributed by atoms with van der Waals surface area (Å²) in [4.78, 5) is 58.3. The highest BCUT2D eigenvalue weighted by Crippen LogP contribution is 2.66. The second kappa shape index (κ2) is 14.6. The van der Waals surface area contributed by atoms with Crippen molar-refractivity contribution in [2.45, 2.75) is 58.0 Å². The molecule has 0 radical (unpaired) electrons. The third kappa shape index (κ3) is 7.01. The van der Waals surface area contributed by atoms with Gasteiger partial charge in [0.15, 0.2) is 11.6 Å². The molecule has 0 saturated heterocycles. The summed E-state index contributed by atoms with van der Waals surface area (Å²) in [5.41, 5.74) is 4.49. The Bertz CT molecular complexity index is 1800. The highest BCUT2D eigenvalue weighted by atomic mass is 31.3. The maximum Gasteiger partial charge on any atom is 0.479 e. The van der Waals surface area contributed by atoms with Gasteiger partial charge in [-0.2, -0.15) is 0 Å². The molecular formula is C38H45NO11P2. The van der Waals surface area contributed by atoms with Crippen LogP contribution in [0.3, 0.4) is 0 Å². The smallest absolute Gasteiger partial charge is 0.449 e. The van der Waals surface area contributed by atoms with Gasteiger partial charge in [0.2, 0.25) is 0 Å². The van der Waals surface area contributed by atoms with Gasteiger partial charge in [0.05, 0.1) is 12.7 Å². The van der Waals surface area contributed by atoms with E-state index in [0.29, 0.717) is 12.8 Å². The number of hydrogen-bond donors (Lipinski definition) is 4. The summed E-state index contributed by atoms with van der Waals surface area (Å²) in [6.45, 7) is 3.21. The lowest BCUT2D eigenvalue weighted by Crippen LogP contribution is -2.56. The molecule has 3 fully saturated rings. The first-order chi connectivity index (χ1) is 24.8. The minimum Gasteiger partial charge on any atom is -0.449 e. The number of hydrogen-bond acceptors (Lipinski definition) is 10. The van der Waals surface area contributed by atoms with E-state index in [0.717, 1.165) is 47.1 Å². The number of amides is 1. The molecule has 0 bridgehead atoms. The van der Waals surface area contributed by atoms with Crippen molar-refractivity contribution >= 4 is 34.1 Å². The summed E-state index contributed by atoms with van der Waals surface area (Å²) in [6.07, 6.45) is 7.20. The lowest BCUT2D eigenvalue weighted by Gasteiger charge is -2.58. The quantitative estimate of drug-likeness (QED) is 0.140. The van der Waals surface area contributed by atoms with Crippen LogP contribution >= 0.6 is 16.4 Å². The standard InChI is InChI=1S/C38H45NO11P2/c1-37-16-15-24(40)19-23(37)11-12-29-31-13-14-32(38(31,2)20-33(41)35(29)37)34(42)22-49-52(45,46)50-51(44)48-18-17-39-36(43)47-21-30-27-9-5-3-7-25(27)26-8-4-6-10-28(26)30/h3-10,15-16,19,29-33,35,41,44H,11-14,17-18,20-22H2,1-2H3,(H,39,43)(H,45,46). The Kier molecular flexibility index (Phi) is 10.5. The Hall–Kier alpha value is -3.05. The number of Topliss-reactive ketones (excluding diaryl/α,β-unsaturated/α-hetero) is 1. The van der Waals surface area contributed by atoms with Crippen molar-refractivity contribution in [3.8, 4) is 11.1 Å². The molecule has 4 N–H and O–H groups in total. The lowest BCUT2D eigenvalue weighted by atomic mass is 9.46. The molecule has 5 aliphatic carbocycles. The maximum absolute atomic E-state index is 13.5. The van der Waals surface area contributed by atoms with Crippen molar-refractivity contribution in [1.29, 1.82) is 0 Å². The van der Waals surface area contributed by atoms with Gasteiger partial charge in [-0.25, -0.2) is 13.7 Å². The molecule has 5 aliphatic rings. The highest BCUT2D eigenvalue weighted by molar-refractivity contribution is 7.58. The zero-order chi connectivity index (χ0) is 36.8. The molecule has 1 amide bonds. The van der Waals surface area contributed by atoms with Crippen molar-refractivity contribution in [2.75, 3.05) is 26.4 Å². The average molecular weight is 754 g/mol. The number of nitrogens with one attached hydrogen (secondary N) is 1. The number of carbonyl (C=O) groups excluding carboxylic acids is 3. The number of carbonyl (C=O) groups is 3. The van der Waals surface area contributed by atoms with Crippen LogP contribution in [0.1, 0.15) is 63.0 Å². The number of ketones is 2. The molecule has 9 unspecified atom stereocenters. The van der Waals surface area contributed by atoms with Gasteiger partial charge < -0.3 is 29.5 Å². The second-order valence-corrected chi connectivity index (χ2v) is 17.6. The van der Waals surface area contributed by atoms with Crippen LogP contribution in [0, 0.1) is 34.5 Å². The Morgan fingerprint density at radius 2 is 1.73 bits per heavy atom. The minimum atomic E-state index is -4.88. The topological polar surface area (TPSA) is 178 Å². The van der Waals surface area contributed by atoms with E-state index < -0.39 is 52.0 Å². The number of phosphoric ester groups is 1. The third-order valence-electron chi connectivity index (χ3n) is 12.3. The van der Waals surface area contributed by atoms with Crippen LogP contribution in [-0.2, 0) is 32.2 Å². The molecule has 0 heterocycles. The zero-order valence-electron chi connectivity index (χ0n) is 29.2. The van der Waals surface area contributed by atoms with Gasteiger partial charge in [-0.05, 0) is 83.8 Å². The summed E-state index contributed by atoms with van der Waals surface area (Å²) in [5, 5.41) is 14.1. The number of aliphatic hydroxyl groups is 1. The van der Waals surface area contributed by atoms with Gasteiger partial charge in [-0.15, -0.1) is 0 Å². The summed E-state index contributed by atoms with van der Waals surface area (Å²) < 4.78 is 32.9. The summed E-state index contributed by atoms with van der Waals surface area (Å²) >= 11 is 0. The van der Waals surface area contributed by atoms with E-state index in [1.807, 2.05) is 61.5 Å². The normalized spacial score (nSPS) is 32.0. The maximum atomic E-state index is 13.5. The molecule has 0 aromatic heterocycles. The van der Waals surface area contributed by atoms with Gasteiger partial charge >= 0.3 is 22.5 Å². The number of phosphoric acid groups is 1. The first kappa shape index (κ1) is 37.3. The minimum absolute atomic E-state index is 0.0267. The summed E-state index contributed by atoms with van der Waals surface area (Å²) in [5.74, 6) is -0.726. The van der Waals surface area contributed by atoms with E-state index >= 15 is 0 Å². The second-order valence-electron chi connectivity index (χ2n) is 15.0. The molecule has 278 valence electrons.